The minimum absolute atomic E-state index is 0.0168. The highest BCUT2D eigenvalue weighted by Gasteiger charge is 2.25. The third-order valence-electron chi connectivity index (χ3n) is 4.54. The number of amides is 1. The van der Waals surface area contributed by atoms with Crippen LogP contribution in [0.5, 0.6) is 0 Å². The van der Waals surface area contributed by atoms with Gasteiger partial charge < -0.3 is 9.88 Å². The summed E-state index contributed by atoms with van der Waals surface area (Å²) in [4.78, 5) is 33.6. The van der Waals surface area contributed by atoms with Crippen LogP contribution in [0, 0.1) is 0 Å². The Kier molecular flexibility index (Phi) is 6.72. The molecule has 0 radical (unpaired) electrons. The van der Waals surface area contributed by atoms with Crippen LogP contribution in [0.1, 0.15) is 25.2 Å². The lowest BCUT2D eigenvalue weighted by atomic mass is 10.2. The average Bonchev–Trinajstić information content (AvgIpc) is 2.65. The number of nitrogens with zero attached hydrogens (tertiary/aromatic N) is 2. The zero-order valence-electron chi connectivity index (χ0n) is 16.6. The fourth-order valence-corrected chi connectivity index (χ4v) is 4.91. The number of H-pyrrole nitrogens is 1. The van der Waals surface area contributed by atoms with Crippen molar-refractivity contribution in [1.29, 1.82) is 0 Å². The molecule has 3 aromatic rings. The lowest BCUT2D eigenvalue weighted by molar-refractivity contribution is -0.130. The number of aromatic amines is 1. The van der Waals surface area contributed by atoms with E-state index in [-0.39, 0.29) is 23.9 Å². The molecule has 1 aromatic heterocycles. The number of hydrogen-bond donors (Lipinski definition) is 1. The second-order valence-corrected chi connectivity index (χ2v) is 10.3. The average molecular weight is 492 g/mol. The fourth-order valence-electron chi connectivity index (χ4n) is 3.13. The fraction of sp³-hybridized carbons (Fsp3) is 0.286. The second kappa shape index (κ2) is 9.09. The minimum Gasteiger partial charge on any atom is -0.332 e. The Morgan fingerprint density at radius 3 is 2.60 bits per heavy atom. The van der Waals surface area contributed by atoms with Gasteiger partial charge in [0, 0.05) is 10.5 Å². The number of hydrogen-bond acceptors (Lipinski definition) is 5. The molecule has 0 atom stereocenters. The molecule has 9 heteroatoms. The molecule has 0 aliphatic rings. The highest BCUT2D eigenvalue weighted by Crippen LogP contribution is 2.16. The van der Waals surface area contributed by atoms with Crippen LogP contribution in [-0.2, 0) is 26.9 Å². The topological polar surface area (TPSA) is 100 Å². The van der Waals surface area contributed by atoms with Gasteiger partial charge in [0.2, 0.25) is 5.91 Å². The molecule has 0 saturated heterocycles. The maximum Gasteiger partial charge on any atom is 0.258 e. The number of benzene rings is 2. The number of carbonyl (C=O) groups excluding carboxylic acids is 1. The lowest BCUT2D eigenvalue weighted by Gasteiger charge is -2.26. The molecule has 1 N–H and O–H groups in total. The van der Waals surface area contributed by atoms with E-state index in [1.807, 2.05) is 0 Å². The SMILES string of the molecule is CC(C)N(Cc1nc2ccccc2c(=O)[nH]1)C(=O)CS(=O)(=O)Cc1cccc(Br)c1. The zero-order chi connectivity index (χ0) is 21.9. The van der Waals surface area contributed by atoms with E-state index in [0.717, 1.165) is 4.47 Å². The first-order valence-corrected chi connectivity index (χ1v) is 12.0. The number of halogens is 1. The van der Waals surface area contributed by atoms with E-state index in [9.17, 15) is 18.0 Å². The van der Waals surface area contributed by atoms with Crippen molar-refractivity contribution < 1.29 is 13.2 Å². The van der Waals surface area contributed by atoms with E-state index in [0.29, 0.717) is 22.3 Å². The van der Waals surface area contributed by atoms with Gasteiger partial charge in [0.25, 0.3) is 5.56 Å². The van der Waals surface area contributed by atoms with Crippen LogP contribution in [0.3, 0.4) is 0 Å². The molecule has 0 aliphatic carbocycles. The predicted octanol–water partition coefficient (Wildman–Crippen LogP) is 3.04. The Balaban J connectivity index is 1.79. The molecule has 1 heterocycles. The molecule has 0 spiro atoms. The lowest BCUT2D eigenvalue weighted by Crippen LogP contribution is -2.41. The van der Waals surface area contributed by atoms with Gasteiger partial charge in [-0.25, -0.2) is 13.4 Å². The van der Waals surface area contributed by atoms with E-state index in [2.05, 4.69) is 25.9 Å². The minimum atomic E-state index is -3.67. The molecule has 0 saturated carbocycles. The van der Waals surface area contributed by atoms with Crippen LogP contribution in [0.25, 0.3) is 10.9 Å². The monoisotopic (exact) mass is 491 g/mol. The maximum absolute atomic E-state index is 12.8. The summed E-state index contributed by atoms with van der Waals surface area (Å²) in [5.41, 5.74) is 0.831. The van der Waals surface area contributed by atoms with E-state index in [1.54, 1.807) is 62.4 Å². The zero-order valence-corrected chi connectivity index (χ0v) is 19.0. The number of carbonyl (C=O) groups is 1. The molecule has 30 heavy (non-hydrogen) atoms. The van der Waals surface area contributed by atoms with Crippen molar-refractivity contribution in [2.75, 3.05) is 5.75 Å². The van der Waals surface area contributed by atoms with E-state index >= 15 is 0 Å². The molecular formula is C21H22BrN3O4S. The molecule has 7 nitrogen and oxygen atoms in total. The number of rotatable bonds is 7. The van der Waals surface area contributed by atoms with Gasteiger partial charge in [0.15, 0.2) is 9.84 Å². The van der Waals surface area contributed by atoms with Crippen molar-refractivity contribution in [2.24, 2.45) is 0 Å². The van der Waals surface area contributed by atoms with Crippen molar-refractivity contribution in [3.05, 3.63) is 74.7 Å². The Morgan fingerprint density at radius 1 is 1.17 bits per heavy atom. The first-order valence-electron chi connectivity index (χ1n) is 9.37. The highest BCUT2D eigenvalue weighted by molar-refractivity contribution is 9.10. The smallest absolute Gasteiger partial charge is 0.258 e. The number of sulfone groups is 1. The molecule has 1 amide bonds. The van der Waals surface area contributed by atoms with Crippen LogP contribution < -0.4 is 5.56 Å². The van der Waals surface area contributed by atoms with Crippen molar-refractivity contribution in [1.82, 2.24) is 14.9 Å². The van der Waals surface area contributed by atoms with Crippen LogP contribution in [0.15, 0.2) is 57.8 Å². The van der Waals surface area contributed by atoms with E-state index in [4.69, 9.17) is 0 Å². The predicted molar refractivity (Wildman–Crippen MR) is 120 cm³/mol. The van der Waals surface area contributed by atoms with Crippen LogP contribution in [0.4, 0.5) is 0 Å². The summed E-state index contributed by atoms with van der Waals surface area (Å²) in [5, 5.41) is 0.459. The summed E-state index contributed by atoms with van der Waals surface area (Å²) in [6.07, 6.45) is 0. The Labute approximate surface area is 183 Å². The van der Waals surface area contributed by atoms with Gasteiger partial charge in [0.05, 0.1) is 23.2 Å². The van der Waals surface area contributed by atoms with Crippen molar-refractivity contribution in [2.45, 2.75) is 32.2 Å². The third-order valence-corrected chi connectivity index (χ3v) is 6.50. The molecular weight excluding hydrogens is 470 g/mol. The quantitative estimate of drug-likeness (QED) is 0.547. The standard InChI is InChI=1S/C21H22BrN3O4S/c1-14(2)25(11-19-23-18-9-4-3-8-17(18)21(27)24-19)20(26)13-30(28,29)12-15-6-5-7-16(22)10-15/h3-10,14H,11-13H2,1-2H3,(H,23,24,27). The molecule has 0 fully saturated rings. The first kappa shape index (κ1) is 22.2. The van der Waals surface area contributed by atoms with Crippen LogP contribution in [0.2, 0.25) is 0 Å². The van der Waals surface area contributed by atoms with Crippen LogP contribution >= 0.6 is 15.9 Å². The van der Waals surface area contributed by atoms with Gasteiger partial charge in [-0.1, -0.05) is 40.2 Å². The summed E-state index contributed by atoms with van der Waals surface area (Å²) in [7, 11) is -3.67. The molecule has 0 bridgehead atoms. The largest absolute Gasteiger partial charge is 0.332 e. The van der Waals surface area contributed by atoms with Gasteiger partial charge in [0.1, 0.15) is 11.6 Å². The maximum atomic E-state index is 12.8. The van der Waals surface area contributed by atoms with Crippen molar-refractivity contribution in [3.8, 4) is 0 Å². The number of aromatic nitrogens is 2. The summed E-state index contributed by atoms with van der Waals surface area (Å²) < 4.78 is 26.0. The van der Waals surface area contributed by atoms with Gasteiger partial charge >= 0.3 is 0 Å². The molecule has 0 unspecified atom stereocenters. The highest BCUT2D eigenvalue weighted by atomic mass is 79.9. The van der Waals surface area contributed by atoms with Crippen LogP contribution in [-0.4, -0.2) is 41.0 Å². The number of fused-ring (bicyclic) bond motifs is 1. The summed E-state index contributed by atoms with van der Waals surface area (Å²) in [5.74, 6) is -1.06. The molecule has 158 valence electrons. The number of para-hydroxylation sites is 1. The molecule has 2 aromatic carbocycles. The van der Waals surface area contributed by atoms with E-state index in [1.165, 1.54) is 4.90 Å². The van der Waals surface area contributed by atoms with Gasteiger partial charge in [-0.3, -0.25) is 9.59 Å². The van der Waals surface area contributed by atoms with Gasteiger partial charge in [-0.05, 0) is 43.7 Å². The summed E-state index contributed by atoms with van der Waals surface area (Å²) in [6.45, 7) is 3.60. The first-order chi connectivity index (χ1) is 14.1. The van der Waals surface area contributed by atoms with Gasteiger partial charge in [-0.15, -0.1) is 0 Å². The van der Waals surface area contributed by atoms with Gasteiger partial charge in [-0.2, -0.15) is 0 Å². The normalized spacial score (nSPS) is 11.7. The van der Waals surface area contributed by atoms with Crippen molar-refractivity contribution in [3.63, 3.8) is 0 Å². The number of nitrogens with one attached hydrogen (secondary N) is 1. The summed E-state index contributed by atoms with van der Waals surface area (Å²) in [6, 6.07) is 13.6. The molecule has 0 aliphatic heterocycles. The summed E-state index contributed by atoms with van der Waals surface area (Å²) >= 11 is 3.32. The Bertz CT molecular complexity index is 1240. The third kappa shape index (κ3) is 5.54. The second-order valence-electron chi connectivity index (χ2n) is 7.31. The van der Waals surface area contributed by atoms with Crippen molar-refractivity contribution >= 4 is 42.6 Å². The Hall–Kier alpha value is -2.52. The van der Waals surface area contributed by atoms with E-state index < -0.39 is 21.5 Å². The Morgan fingerprint density at radius 2 is 1.90 bits per heavy atom. The molecule has 3 rings (SSSR count).